The summed E-state index contributed by atoms with van der Waals surface area (Å²) in [6, 6.07) is 17.3. The molecule has 0 spiro atoms. The fourth-order valence-electron chi connectivity index (χ4n) is 6.15. The summed E-state index contributed by atoms with van der Waals surface area (Å²) in [7, 11) is 0. The van der Waals surface area contributed by atoms with Crippen molar-refractivity contribution in [2.24, 2.45) is 10.8 Å². The lowest BCUT2D eigenvalue weighted by molar-refractivity contribution is -0.135. The van der Waals surface area contributed by atoms with Gasteiger partial charge in [0, 0.05) is 28.0 Å². The maximum absolute atomic E-state index is 13.2. The molecule has 6 heteroatoms. The molecule has 5 rings (SSSR count). The number of rotatable bonds is 4. The zero-order valence-electron chi connectivity index (χ0n) is 19.8. The van der Waals surface area contributed by atoms with Crippen molar-refractivity contribution in [1.82, 2.24) is 9.88 Å². The van der Waals surface area contributed by atoms with Crippen LogP contribution in [0.1, 0.15) is 50.4 Å². The van der Waals surface area contributed by atoms with Gasteiger partial charge in [-0.1, -0.05) is 67.0 Å². The van der Waals surface area contributed by atoms with Crippen molar-refractivity contribution in [3.05, 3.63) is 64.6 Å². The SMILES string of the molecule is CC1(C)CC2CC(C)(CN2C(=O)COC(=O)c2cc(-c3ccc(Br)cc3)nc3ccccc23)C1. The lowest BCUT2D eigenvalue weighted by Gasteiger charge is -2.39. The molecule has 3 aromatic rings. The first-order valence-corrected chi connectivity index (χ1v) is 12.5. The van der Waals surface area contributed by atoms with Gasteiger partial charge < -0.3 is 9.64 Å². The number of esters is 1. The Morgan fingerprint density at radius 2 is 1.82 bits per heavy atom. The summed E-state index contributed by atoms with van der Waals surface area (Å²) in [5.41, 5.74) is 3.09. The van der Waals surface area contributed by atoms with E-state index in [2.05, 4.69) is 36.7 Å². The molecular weight excluding hydrogens is 492 g/mol. The van der Waals surface area contributed by atoms with Gasteiger partial charge in [-0.25, -0.2) is 9.78 Å². The molecule has 5 nitrogen and oxygen atoms in total. The second-order valence-electron chi connectivity index (χ2n) is 10.9. The zero-order valence-corrected chi connectivity index (χ0v) is 21.4. The van der Waals surface area contributed by atoms with Crippen LogP contribution in [0.4, 0.5) is 0 Å². The fourth-order valence-corrected chi connectivity index (χ4v) is 6.42. The summed E-state index contributed by atoms with van der Waals surface area (Å²) in [5, 5.41) is 0.715. The molecule has 1 aromatic heterocycles. The summed E-state index contributed by atoms with van der Waals surface area (Å²) in [6.45, 7) is 7.33. The third-order valence-electron chi connectivity index (χ3n) is 7.14. The molecule has 1 aliphatic carbocycles. The Balaban J connectivity index is 1.37. The highest BCUT2D eigenvalue weighted by Gasteiger charge is 2.50. The second-order valence-corrected chi connectivity index (χ2v) is 11.8. The molecule has 34 heavy (non-hydrogen) atoms. The summed E-state index contributed by atoms with van der Waals surface area (Å²) in [4.78, 5) is 33.0. The van der Waals surface area contributed by atoms with Gasteiger partial charge in [0.2, 0.25) is 0 Å². The van der Waals surface area contributed by atoms with E-state index in [9.17, 15) is 9.59 Å². The Morgan fingerprint density at radius 1 is 1.09 bits per heavy atom. The summed E-state index contributed by atoms with van der Waals surface area (Å²) in [6.07, 6.45) is 3.14. The number of hydrogen-bond donors (Lipinski definition) is 0. The number of pyridine rings is 1. The van der Waals surface area contributed by atoms with Crippen LogP contribution in [0.25, 0.3) is 22.2 Å². The van der Waals surface area contributed by atoms with E-state index in [1.165, 1.54) is 0 Å². The van der Waals surface area contributed by atoms with Gasteiger partial charge in [-0.3, -0.25) is 4.79 Å². The molecule has 1 aliphatic heterocycles. The Hall–Kier alpha value is -2.73. The minimum absolute atomic E-state index is 0.105. The van der Waals surface area contributed by atoms with Crippen molar-refractivity contribution >= 4 is 38.7 Å². The highest BCUT2D eigenvalue weighted by molar-refractivity contribution is 9.10. The first kappa shape index (κ1) is 23.0. The van der Waals surface area contributed by atoms with Crippen LogP contribution in [0.2, 0.25) is 0 Å². The monoisotopic (exact) mass is 520 g/mol. The van der Waals surface area contributed by atoms with Gasteiger partial charge in [-0.2, -0.15) is 0 Å². The average Bonchev–Trinajstić information content (AvgIpc) is 3.05. The quantitative estimate of drug-likeness (QED) is 0.381. The number of carbonyl (C=O) groups excluding carboxylic acids is 2. The average molecular weight is 521 g/mol. The molecule has 2 unspecified atom stereocenters. The van der Waals surface area contributed by atoms with Crippen LogP contribution >= 0.6 is 15.9 Å². The summed E-state index contributed by atoms with van der Waals surface area (Å²) in [5.74, 6) is -0.606. The van der Waals surface area contributed by atoms with Gasteiger partial charge in [0.25, 0.3) is 5.91 Å². The molecule has 1 saturated carbocycles. The van der Waals surface area contributed by atoms with Crippen LogP contribution in [0.15, 0.2) is 59.1 Å². The van der Waals surface area contributed by atoms with E-state index >= 15 is 0 Å². The largest absolute Gasteiger partial charge is 0.452 e. The van der Waals surface area contributed by atoms with Gasteiger partial charge in [0.05, 0.1) is 16.8 Å². The van der Waals surface area contributed by atoms with Crippen LogP contribution < -0.4 is 0 Å². The van der Waals surface area contributed by atoms with Gasteiger partial charge in [0.1, 0.15) is 0 Å². The van der Waals surface area contributed by atoms with Crippen molar-refractivity contribution in [3.63, 3.8) is 0 Å². The number of para-hydroxylation sites is 1. The molecule has 1 saturated heterocycles. The van der Waals surface area contributed by atoms with E-state index in [1.54, 1.807) is 6.07 Å². The fraction of sp³-hybridized carbons (Fsp3) is 0.393. The Labute approximate surface area is 208 Å². The van der Waals surface area contributed by atoms with Crippen molar-refractivity contribution in [2.75, 3.05) is 13.2 Å². The van der Waals surface area contributed by atoms with Crippen LogP contribution in [0.3, 0.4) is 0 Å². The number of carbonyl (C=O) groups is 2. The van der Waals surface area contributed by atoms with Crippen LogP contribution in [0, 0.1) is 10.8 Å². The first-order chi connectivity index (χ1) is 16.1. The van der Waals surface area contributed by atoms with Crippen molar-refractivity contribution in [1.29, 1.82) is 0 Å². The minimum Gasteiger partial charge on any atom is -0.452 e. The predicted molar refractivity (Wildman–Crippen MR) is 136 cm³/mol. The van der Waals surface area contributed by atoms with Crippen LogP contribution in [-0.2, 0) is 9.53 Å². The molecule has 1 amide bonds. The van der Waals surface area contributed by atoms with Crippen molar-refractivity contribution in [3.8, 4) is 11.3 Å². The van der Waals surface area contributed by atoms with Gasteiger partial charge >= 0.3 is 5.97 Å². The lowest BCUT2D eigenvalue weighted by atomic mass is 9.65. The smallest absolute Gasteiger partial charge is 0.339 e. The Kier molecular flexibility index (Phi) is 5.75. The maximum atomic E-state index is 13.2. The van der Waals surface area contributed by atoms with Crippen molar-refractivity contribution in [2.45, 2.75) is 46.1 Å². The standard InChI is InChI=1S/C28H29BrN2O3/c1-27(2)13-20-14-28(3,16-27)17-31(20)25(32)15-34-26(33)22-12-24(18-8-10-19(29)11-9-18)30-23-7-5-4-6-21(22)23/h4-12,20H,13-17H2,1-3H3. The number of hydrogen-bond acceptors (Lipinski definition) is 4. The molecule has 2 aliphatic rings. The van der Waals surface area contributed by atoms with Crippen molar-refractivity contribution < 1.29 is 14.3 Å². The maximum Gasteiger partial charge on any atom is 0.339 e. The van der Waals surface area contributed by atoms with Gasteiger partial charge in [-0.05, 0) is 54.4 Å². The topological polar surface area (TPSA) is 59.5 Å². The predicted octanol–water partition coefficient (Wildman–Crippen LogP) is 6.25. The number of benzene rings is 2. The highest BCUT2D eigenvalue weighted by Crippen LogP contribution is 2.52. The summed E-state index contributed by atoms with van der Waals surface area (Å²) >= 11 is 3.45. The first-order valence-electron chi connectivity index (χ1n) is 11.7. The number of nitrogens with zero attached hydrogens (tertiary/aromatic N) is 2. The molecular formula is C28H29BrN2O3. The molecule has 2 fully saturated rings. The van der Waals surface area contributed by atoms with E-state index in [0.717, 1.165) is 35.8 Å². The van der Waals surface area contributed by atoms with Gasteiger partial charge in [0.15, 0.2) is 6.61 Å². The van der Waals surface area contributed by atoms with E-state index < -0.39 is 5.97 Å². The number of ether oxygens (including phenoxy) is 1. The molecule has 2 bridgehead atoms. The zero-order chi connectivity index (χ0) is 24.1. The third kappa shape index (κ3) is 4.48. The number of halogens is 1. The minimum atomic E-state index is -0.501. The van der Waals surface area contributed by atoms with E-state index in [4.69, 9.17) is 9.72 Å². The second kappa shape index (κ2) is 8.49. The Morgan fingerprint density at radius 3 is 2.59 bits per heavy atom. The number of fused-ring (bicyclic) bond motifs is 3. The molecule has 2 heterocycles. The molecule has 176 valence electrons. The van der Waals surface area contributed by atoms with Gasteiger partial charge in [-0.15, -0.1) is 0 Å². The lowest BCUT2D eigenvalue weighted by Crippen LogP contribution is -2.39. The number of aromatic nitrogens is 1. The molecule has 0 radical (unpaired) electrons. The van der Waals surface area contributed by atoms with E-state index in [1.807, 2.05) is 53.4 Å². The van der Waals surface area contributed by atoms with E-state index in [0.29, 0.717) is 22.2 Å². The molecule has 2 aromatic carbocycles. The van der Waals surface area contributed by atoms with Crippen LogP contribution in [-0.4, -0.2) is 41.0 Å². The molecule has 2 atom stereocenters. The number of amides is 1. The van der Waals surface area contributed by atoms with Crippen LogP contribution in [0.5, 0.6) is 0 Å². The van der Waals surface area contributed by atoms with E-state index in [-0.39, 0.29) is 29.4 Å². The third-order valence-corrected chi connectivity index (χ3v) is 7.67. The normalized spacial score (nSPS) is 23.2. The molecule has 0 N–H and O–H groups in total. The Bertz CT molecular complexity index is 1270. The number of likely N-dealkylation sites (tertiary alicyclic amines) is 1. The highest BCUT2D eigenvalue weighted by atomic mass is 79.9. The summed E-state index contributed by atoms with van der Waals surface area (Å²) < 4.78 is 6.56.